The lowest BCUT2D eigenvalue weighted by Gasteiger charge is -2.39. The molecule has 2 N–H and O–H groups in total. The van der Waals surface area contributed by atoms with Gasteiger partial charge in [0.1, 0.15) is 5.69 Å². The van der Waals surface area contributed by atoms with Gasteiger partial charge in [-0.1, -0.05) is 13.8 Å². The molecule has 1 amide bonds. The summed E-state index contributed by atoms with van der Waals surface area (Å²) in [6.07, 6.45) is 4.39. The zero-order valence-corrected chi connectivity index (χ0v) is 13.1. The van der Waals surface area contributed by atoms with Crippen LogP contribution in [-0.4, -0.2) is 29.6 Å². The molecule has 1 aromatic rings. The number of amides is 1. The van der Waals surface area contributed by atoms with E-state index in [1.807, 2.05) is 22.9 Å². The average molecular weight is 277 g/mol. The van der Waals surface area contributed by atoms with E-state index in [-0.39, 0.29) is 11.3 Å². The minimum Gasteiger partial charge on any atom is -0.349 e. The van der Waals surface area contributed by atoms with Crippen LogP contribution in [0.15, 0.2) is 18.3 Å². The fourth-order valence-electron chi connectivity index (χ4n) is 2.94. The lowest BCUT2D eigenvalue weighted by Crippen LogP contribution is -2.52. The van der Waals surface area contributed by atoms with Gasteiger partial charge in [-0.05, 0) is 50.8 Å². The van der Waals surface area contributed by atoms with E-state index in [4.69, 9.17) is 0 Å². The highest BCUT2D eigenvalue weighted by atomic mass is 16.1. The Morgan fingerprint density at radius 1 is 1.55 bits per heavy atom. The van der Waals surface area contributed by atoms with Crippen LogP contribution in [0.2, 0.25) is 0 Å². The maximum atomic E-state index is 12.3. The Morgan fingerprint density at radius 3 is 2.95 bits per heavy atom. The fraction of sp³-hybridized carbons (Fsp3) is 0.688. The number of rotatable bonds is 4. The molecule has 1 aliphatic rings. The van der Waals surface area contributed by atoms with Gasteiger partial charge >= 0.3 is 0 Å². The van der Waals surface area contributed by atoms with Crippen LogP contribution in [0.1, 0.15) is 57.1 Å². The Hall–Kier alpha value is -1.29. The molecule has 1 atom stereocenters. The minimum absolute atomic E-state index is 0.0203. The molecule has 1 aromatic heterocycles. The third-order valence-electron chi connectivity index (χ3n) is 4.37. The molecule has 4 heteroatoms. The summed E-state index contributed by atoms with van der Waals surface area (Å²) in [6.45, 7) is 10.5. The molecular weight excluding hydrogens is 250 g/mol. The van der Waals surface area contributed by atoms with E-state index in [0.717, 1.165) is 12.2 Å². The molecule has 0 spiro atoms. The Morgan fingerprint density at radius 2 is 2.30 bits per heavy atom. The Bertz CT molecular complexity index is 462. The topological polar surface area (TPSA) is 46.1 Å². The normalized spacial score (nSPS) is 21.9. The third-order valence-corrected chi connectivity index (χ3v) is 4.37. The molecule has 0 aliphatic carbocycles. The number of aromatic nitrogens is 1. The lowest BCUT2D eigenvalue weighted by molar-refractivity contribution is 0.0918. The second-order valence-corrected chi connectivity index (χ2v) is 6.70. The highest BCUT2D eigenvalue weighted by Gasteiger charge is 2.32. The molecule has 0 aromatic carbocycles. The van der Waals surface area contributed by atoms with Gasteiger partial charge in [-0.25, -0.2) is 0 Å². The summed E-state index contributed by atoms with van der Waals surface area (Å²) in [5.74, 6) is 0.0203. The van der Waals surface area contributed by atoms with Crippen LogP contribution in [-0.2, 0) is 0 Å². The smallest absolute Gasteiger partial charge is 0.267 e. The summed E-state index contributed by atoms with van der Waals surface area (Å²) in [7, 11) is 0. The van der Waals surface area contributed by atoms with Crippen LogP contribution in [0.4, 0.5) is 0 Å². The van der Waals surface area contributed by atoms with E-state index >= 15 is 0 Å². The van der Waals surface area contributed by atoms with Crippen LogP contribution in [0.5, 0.6) is 0 Å². The van der Waals surface area contributed by atoms with E-state index in [9.17, 15) is 4.79 Å². The summed E-state index contributed by atoms with van der Waals surface area (Å²) < 4.78 is 2.01. The fourth-order valence-corrected chi connectivity index (χ4v) is 2.94. The van der Waals surface area contributed by atoms with E-state index in [1.165, 1.54) is 12.8 Å². The van der Waals surface area contributed by atoms with E-state index in [2.05, 4.69) is 38.3 Å². The first-order valence-electron chi connectivity index (χ1n) is 7.60. The number of carbonyl (C=O) groups is 1. The maximum absolute atomic E-state index is 12.3. The third kappa shape index (κ3) is 3.23. The van der Waals surface area contributed by atoms with Crippen LogP contribution in [0.3, 0.4) is 0 Å². The number of nitrogens with zero attached hydrogens (tertiary/aromatic N) is 1. The summed E-state index contributed by atoms with van der Waals surface area (Å²) in [6, 6.07) is 4.46. The number of piperidine rings is 1. The van der Waals surface area contributed by atoms with Crippen LogP contribution in [0.25, 0.3) is 0 Å². The van der Waals surface area contributed by atoms with Gasteiger partial charge in [-0.2, -0.15) is 0 Å². The molecule has 1 unspecified atom stereocenters. The largest absolute Gasteiger partial charge is 0.349 e. The SMILES string of the molecule is CC(C)n1cccc1C(=O)NCC1NCCCC1(C)C. The highest BCUT2D eigenvalue weighted by molar-refractivity contribution is 5.92. The molecule has 4 nitrogen and oxygen atoms in total. The first-order valence-corrected chi connectivity index (χ1v) is 7.60. The molecule has 1 aliphatic heterocycles. The number of carbonyl (C=O) groups excluding carboxylic acids is 1. The zero-order chi connectivity index (χ0) is 14.8. The first kappa shape index (κ1) is 15.1. The number of nitrogens with one attached hydrogen (secondary N) is 2. The highest BCUT2D eigenvalue weighted by Crippen LogP contribution is 2.29. The van der Waals surface area contributed by atoms with E-state index < -0.39 is 0 Å². The molecule has 0 saturated carbocycles. The van der Waals surface area contributed by atoms with Crippen molar-refractivity contribution >= 4 is 5.91 Å². The minimum atomic E-state index is 0.0203. The van der Waals surface area contributed by atoms with Gasteiger partial charge < -0.3 is 15.2 Å². The number of hydrogen-bond acceptors (Lipinski definition) is 2. The van der Waals surface area contributed by atoms with Gasteiger partial charge in [0.2, 0.25) is 0 Å². The molecule has 1 saturated heterocycles. The molecule has 20 heavy (non-hydrogen) atoms. The van der Waals surface area contributed by atoms with Gasteiger partial charge in [0.15, 0.2) is 0 Å². The molecular formula is C16H27N3O. The first-order chi connectivity index (χ1) is 9.42. The summed E-state index contributed by atoms with van der Waals surface area (Å²) in [5, 5.41) is 6.61. The van der Waals surface area contributed by atoms with Crippen molar-refractivity contribution in [2.24, 2.45) is 5.41 Å². The monoisotopic (exact) mass is 277 g/mol. The Balaban J connectivity index is 1.96. The molecule has 0 bridgehead atoms. The molecule has 1 fully saturated rings. The predicted molar refractivity (Wildman–Crippen MR) is 82.0 cm³/mol. The van der Waals surface area contributed by atoms with Crippen LogP contribution >= 0.6 is 0 Å². The molecule has 2 heterocycles. The van der Waals surface area contributed by atoms with E-state index in [1.54, 1.807) is 0 Å². The molecule has 2 rings (SSSR count). The second kappa shape index (κ2) is 6.00. The van der Waals surface area contributed by atoms with Gasteiger partial charge in [-0.15, -0.1) is 0 Å². The quantitative estimate of drug-likeness (QED) is 0.888. The Labute approximate surface area is 121 Å². The zero-order valence-electron chi connectivity index (χ0n) is 13.1. The number of hydrogen-bond donors (Lipinski definition) is 2. The van der Waals surface area contributed by atoms with Crippen molar-refractivity contribution in [2.75, 3.05) is 13.1 Å². The van der Waals surface area contributed by atoms with Crippen molar-refractivity contribution in [3.63, 3.8) is 0 Å². The summed E-state index contributed by atoms with van der Waals surface area (Å²) >= 11 is 0. The van der Waals surface area contributed by atoms with E-state index in [0.29, 0.717) is 18.6 Å². The van der Waals surface area contributed by atoms with Gasteiger partial charge in [-0.3, -0.25) is 4.79 Å². The van der Waals surface area contributed by atoms with Crippen LogP contribution < -0.4 is 10.6 Å². The average Bonchev–Trinajstić information content (AvgIpc) is 2.86. The van der Waals surface area contributed by atoms with Gasteiger partial charge in [0.05, 0.1) is 0 Å². The summed E-state index contributed by atoms with van der Waals surface area (Å²) in [4.78, 5) is 12.3. The Kier molecular flexibility index (Phi) is 4.53. The van der Waals surface area contributed by atoms with Crippen molar-refractivity contribution in [3.8, 4) is 0 Å². The summed E-state index contributed by atoms with van der Waals surface area (Å²) in [5.41, 5.74) is 0.986. The predicted octanol–water partition coefficient (Wildman–Crippen LogP) is 2.58. The molecule has 112 valence electrons. The van der Waals surface area contributed by atoms with Crippen molar-refractivity contribution in [1.82, 2.24) is 15.2 Å². The van der Waals surface area contributed by atoms with Crippen molar-refractivity contribution in [1.29, 1.82) is 0 Å². The standard InChI is InChI=1S/C16H27N3O/c1-12(2)19-10-5-7-13(19)15(20)18-11-14-16(3,4)8-6-9-17-14/h5,7,10,12,14,17H,6,8-9,11H2,1-4H3,(H,18,20). The van der Waals surface area contributed by atoms with Crippen LogP contribution in [0, 0.1) is 5.41 Å². The van der Waals surface area contributed by atoms with Crippen molar-refractivity contribution in [3.05, 3.63) is 24.0 Å². The lowest BCUT2D eigenvalue weighted by atomic mass is 9.77. The van der Waals surface area contributed by atoms with Crippen molar-refractivity contribution in [2.45, 2.75) is 52.6 Å². The molecule has 0 radical (unpaired) electrons. The second-order valence-electron chi connectivity index (χ2n) is 6.70. The van der Waals surface area contributed by atoms with Gasteiger partial charge in [0, 0.05) is 24.8 Å². The maximum Gasteiger partial charge on any atom is 0.267 e. The van der Waals surface area contributed by atoms with Gasteiger partial charge in [0.25, 0.3) is 5.91 Å². The van der Waals surface area contributed by atoms with Crippen molar-refractivity contribution < 1.29 is 4.79 Å².